The molecule has 72 valence electrons. The van der Waals surface area contributed by atoms with Crippen LogP contribution in [0.5, 0.6) is 0 Å². The Kier molecular flexibility index (Phi) is 3.50. The van der Waals surface area contributed by atoms with Gasteiger partial charge in [0.2, 0.25) is 0 Å². The van der Waals surface area contributed by atoms with Crippen LogP contribution in [-0.2, 0) is 0 Å². The predicted molar refractivity (Wildman–Crippen MR) is 49.9 cm³/mol. The zero-order chi connectivity index (χ0) is 9.14. The van der Waals surface area contributed by atoms with Crippen LogP contribution in [0.15, 0.2) is 0 Å². The van der Waals surface area contributed by atoms with E-state index in [9.17, 15) is 5.11 Å². The quantitative estimate of drug-likeness (QED) is 0.624. The van der Waals surface area contributed by atoms with Crippen LogP contribution in [0.2, 0.25) is 0 Å². The van der Waals surface area contributed by atoms with Crippen molar-refractivity contribution in [3.8, 4) is 0 Å². The van der Waals surface area contributed by atoms with Crippen LogP contribution in [0, 0.1) is 0 Å². The van der Waals surface area contributed by atoms with Crippen molar-refractivity contribution in [3.63, 3.8) is 0 Å². The lowest BCUT2D eigenvalue weighted by Gasteiger charge is -2.36. The smallest absolute Gasteiger partial charge is 0.0564 e. The summed E-state index contributed by atoms with van der Waals surface area (Å²) < 4.78 is 0. The molecule has 1 saturated heterocycles. The summed E-state index contributed by atoms with van der Waals surface area (Å²) in [6, 6.07) is 0.665. The Labute approximate surface area is 74.5 Å². The molecule has 3 nitrogen and oxygen atoms in total. The van der Waals surface area contributed by atoms with E-state index >= 15 is 0 Å². The van der Waals surface area contributed by atoms with E-state index in [0.717, 1.165) is 25.9 Å². The van der Waals surface area contributed by atoms with Crippen molar-refractivity contribution in [1.82, 2.24) is 4.90 Å². The fourth-order valence-electron chi connectivity index (χ4n) is 1.63. The Balaban J connectivity index is 2.34. The van der Waals surface area contributed by atoms with Gasteiger partial charge in [-0.25, -0.2) is 0 Å². The van der Waals surface area contributed by atoms with Gasteiger partial charge in [-0.3, -0.25) is 4.90 Å². The number of rotatable bonds is 2. The molecule has 1 aliphatic heterocycles. The molecule has 1 rings (SSSR count). The molecule has 0 saturated carbocycles. The van der Waals surface area contributed by atoms with Crippen molar-refractivity contribution in [2.24, 2.45) is 5.73 Å². The van der Waals surface area contributed by atoms with Gasteiger partial charge in [-0.05, 0) is 26.7 Å². The molecule has 2 atom stereocenters. The predicted octanol–water partition coefficient (Wildman–Crippen LogP) is 0.179. The van der Waals surface area contributed by atoms with Crippen molar-refractivity contribution >= 4 is 0 Å². The molecule has 3 N–H and O–H groups in total. The molecule has 0 aromatic heterocycles. The lowest BCUT2D eigenvalue weighted by molar-refractivity contribution is 0.0599. The van der Waals surface area contributed by atoms with Crippen LogP contribution in [0.1, 0.15) is 26.7 Å². The van der Waals surface area contributed by atoms with Gasteiger partial charge in [0.05, 0.1) is 6.10 Å². The first-order valence-electron chi connectivity index (χ1n) is 4.79. The second kappa shape index (κ2) is 4.21. The third-order valence-electron chi connectivity index (χ3n) is 2.84. The van der Waals surface area contributed by atoms with Gasteiger partial charge in [0, 0.05) is 25.2 Å². The van der Waals surface area contributed by atoms with Gasteiger partial charge >= 0.3 is 0 Å². The highest BCUT2D eigenvalue weighted by Gasteiger charge is 2.22. The summed E-state index contributed by atoms with van der Waals surface area (Å²) in [5.74, 6) is 0. The molecule has 0 aromatic rings. The van der Waals surface area contributed by atoms with Crippen molar-refractivity contribution < 1.29 is 5.11 Å². The minimum Gasteiger partial charge on any atom is -0.393 e. The monoisotopic (exact) mass is 172 g/mol. The van der Waals surface area contributed by atoms with Crippen molar-refractivity contribution in [1.29, 1.82) is 0 Å². The summed E-state index contributed by atoms with van der Waals surface area (Å²) in [6.07, 6.45) is 1.72. The second-order valence-corrected chi connectivity index (χ2v) is 3.87. The number of likely N-dealkylation sites (tertiary alicyclic amines) is 1. The molecular weight excluding hydrogens is 152 g/mol. The Morgan fingerprint density at radius 1 is 1.33 bits per heavy atom. The molecule has 0 aliphatic carbocycles. The maximum absolute atomic E-state index is 9.29. The van der Waals surface area contributed by atoms with Crippen molar-refractivity contribution in [3.05, 3.63) is 0 Å². The molecule has 12 heavy (non-hydrogen) atoms. The van der Waals surface area contributed by atoms with Gasteiger partial charge in [0.25, 0.3) is 0 Å². The average molecular weight is 172 g/mol. The zero-order valence-electron chi connectivity index (χ0n) is 8.03. The molecule has 1 fully saturated rings. The highest BCUT2D eigenvalue weighted by molar-refractivity contribution is 4.79. The van der Waals surface area contributed by atoms with Crippen LogP contribution in [-0.4, -0.2) is 41.3 Å². The normalized spacial score (nSPS) is 27.0. The maximum Gasteiger partial charge on any atom is 0.0564 e. The number of nitrogens with zero attached hydrogens (tertiary/aromatic N) is 1. The van der Waals surface area contributed by atoms with Crippen molar-refractivity contribution in [2.75, 3.05) is 13.1 Å². The van der Waals surface area contributed by atoms with Crippen molar-refractivity contribution in [2.45, 2.75) is 44.9 Å². The van der Waals surface area contributed by atoms with E-state index in [0.29, 0.717) is 6.04 Å². The summed E-state index contributed by atoms with van der Waals surface area (Å²) in [5, 5.41) is 9.29. The van der Waals surface area contributed by atoms with Crippen LogP contribution >= 0.6 is 0 Å². The third-order valence-corrected chi connectivity index (χ3v) is 2.84. The Hall–Kier alpha value is -0.120. The van der Waals surface area contributed by atoms with E-state index < -0.39 is 0 Å². The fraction of sp³-hybridized carbons (Fsp3) is 1.00. The molecule has 1 aliphatic rings. The zero-order valence-corrected chi connectivity index (χ0v) is 8.03. The van der Waals surface area contributed by atoms with Crippen LogP contribution in [0.25, 0.3) is 0 Å². The molecule has 0 amide bonds. The fourth-order valence-corrected chi connectivity index (χ4v) is 1.63. The highest BCUT2D eigenvalue weighted by Crippen LogP contribution is 2.13. The van der Waals surface area contributed by atoms with E-state index in [1.54, 1.807) is 0 Å². The summed E-state index contributed by atoms with van der Waals surface area (Å²) in [7, 11) is 0. The van der Waals surface area contributed by atoms with Gasteiger partial charge in [-0.1, -0.05) is 0 Å². The van der Waals surface area contributed by atoms with E-state index in [-0.39, 0.29) is 12.1 Å². The highest BCUT2D eigenvalue weighted by atomic mass is 16.3. The Bertz CT molecular complexity index is 130. The standard InChI is InChI=1S/C9H20N2O/c1-7(10)8(2)11-5-3-9(12)4-6-11/h7-9,12H,3-6,10H2,1-2H3. The average Bonchev–Trinajstić information content (AvgIpc) is 2.04. The summed E-state index contributed by atoms with van der Waals surface area (Å²) in [5.41, 5.74) is 5.80. The number of hydrogen-bond donors (Lipinski definition) is 2. The maximum atomic E-state index is 9.29. The first-order valence-corrected chi connectivity index (χ1v) is 4.79. The SMILES string of the molecule is CC(N)C(C)N1CCC(O)CC1. The van der Waals surface area contributed by atoms with E-state index in [4.69, 9.17) is 5.73 Å². The molecule has 3 heteroatoms. The number of hydrogen-bond acceptors (Lipinski definition) is 3. The summed E-state index contributed by atoms with van der Waals surface area (Å²) >= 11 is 0. The summed E-state index contributed by atoms with van der Waals surface area (Å²) in [4.78, 5) is 2.36. The molecule has 0 radical (unpaired) electrons. The molecular formula is C9H20N2O. The van der Waals surface area contributed by atoms with Gasteiger partial charge in [0.15, 0.2) is 0 Å². The number of piperidine rings is 1. The number of aliphatic hydroxyl groups is 1. The number of aliphatic hydroxyl groups excluding tert-OH is 1. The van der Waals surface area contributed by atoms with E-state index in [2.05, 4.69) is 11.8 Å². The largest absolute Gasteiger partial charge is 0.393 e. The van der Waals surface area contributed by atoms with Gasteiger partial charge in [-0.15, -0.1) is 0 Å². The van der Waals surface area contributed by atoms with Gasteiger partial charge in [0.1, 0.15) is 0 Å². The Morgan fingerprint density at radius 3 is 2.25 bits per heavy atom. The first kappa shape index (κ1) is 9.96. The first-order chi connectivity index (χ1) is 5.61. The summed E-state index contributed by atoms with van der Waals surface area (Å²) in [6.45, 7) is 6.17. The topological polar surface area (TPSA) is 49.5 Å². The van der Waals surface area contributed by atoms with Crippen LogP contribution in [0.3, 0.4) is 0 Å². The van der Waals surface area contributed by atoms with Crippen LogP contribution in [0.4, 0.5) is 0 Å². The molecule has 1 heterocycles. The minimum absolute atomic E-state index is 0.0819. The van der Waals surface area contributed by atoms with Crippen LogP contribution < -0.4 is 5.73 Å². The number of nitrogens with two attached hydrogens (primary N) is 1. The Morgan fingerprint density at radius 2 is 1.83 bits per heavy atom. The lowest BCUT2D eigenvalue weighted by Crippen LogP contribution is -2.48. The van der Waals surface area contributed by atoms with Gasteiger partial charge in [-0.2, -0.15) is 0 Å². The molecule has 0 bridgehead atoms. The van der Waals surface area contributed by atoms with E-state index in [1.807, 2.05) is 6.92 Å². The third kappa shape index (κ3) is 2.44. The second-order valence-electron chi connectivity index (χ2n) is 3.87. The molecule has 0 aromatic carbocycles. The molecule has 0 spiro atoms. The minimum atomic E-state index is -0.0819. The lowest BCUT2D eigenvalue weighted by atomic mass is 10.0. The van der Waals surface area contributed by atoms with E-state index in [1.165, 1.54) is 0 Å². The molecule has 2 unspecified atom stereocenters. The van der Waals surface area contributed by atoms with Gasteiger partial charge < -0.3 is 10.8 Å².